The van der Waals surface area contributed by atoms with Crippen molar-refractivity contribution >= 4 is 27.9 Å². The zero-order valence-electron chi connectivity index (χ0n) is 13.5. The summed E-state index contributed by atoms with van der Waals surface area (Å²) < 4.78 is 0. The number of nitrogens with one attached hydrogen (secondary N) is 1. The molecule has 2 rings (SSSR count). The monoisotopic (exact) mass is 309 g/mol. The van der Waals surface area contributed by atoms with Gasteiger partial charge < -0.3 is 16.0 Å². The topological polar surface area (TPSA) is 58.4 Å². The minimum atomic E-state index is -0.0336. The zero-order chi connectivity index (χ0) is 15.6. The number of nitrogen functional groups attached to an aromatic ring is 1. The van der Waals surface area contributed by atoms with E-state index in [1.54, 1.807) is 11.3 Å². The molecule has 5 heteroatoms. The van der Waals surface area contributed by atoms with E-state index in [9.17, 15) is 4.79 Å². The third-order valence-corrected chi connectivity index (χ3v) is 5.03. The Morgan fingerprint density at radius 1 is 1.43 bits per heavy atom. The van der Waals surface area contributed by atoms with Gasteiger partial charge >= 0.3 is 0 Å². The van der Waals surface area contributed by atoms with E-state index in [4.69, 9.17) is 5.73 Å². The molecule has 0 spiro atoms. The van der Waals surface area contributed by atoms with E-state index in [1.165, 1.54) is 23.4 Å². The predicted octanol–water partition coefficient (Wildman–Crippen LogP) is 3.44. The summed E-state index contributed by atoms with van der Waals surface area (Å²) in [5.41, 5.74) is 8.26. The van der Waals surface area contributed by atoms with E-state index >= 15 is 0 Å². The number of nitrogens with zero attached hydrogens (tertiary/aromatic N) is 1. The van der Waals surface area contributed by atoms with Gasteiger partial charge in [0, 0.05) is 25.2 Å². The third kappa shape index (κ3) is 3.51. The molecule has 0 unspecified atom stereocenters. The minimum Gasteiger partial charge on any atom is -0.397 e. The van der Waals surface area contributed by atoms with Gasteiger partial charge in [-0.1, -0.05) is 13.8 Å². The van der Waals surface area contributed by atoms with Crippen LogP contribution >= 0.6 is 11.3 Å². The second-order valence-electron chi connectivity index (χ2n) is 6.13. The molecule has 0 aromatic carbocycles. The Bertz CT molecular complexity index is 506. The van der Waals surface area contributed by atoms with Crippen molar-refractivity contribution in [1.82, 2.24) is 5.32 Å². The van der Waals surface area contributed by atoms with Gasteiger partial charge in [-0.05, 0) is 38.5 Å². The standard InChI is InChI=1S/C16H27N3OS/c1-5-18-15(20)14-13(17)12(11-7-8-11)16(21-14)19(6-2)9-10(3)4/h10-11H,5-9,17H2,1-4H3,(H,18,20). The molecular weight excluding hydrogens is 282 g/mol. The van der Waals surface area contributed by atoms with E-state index in [0.29, 0.717) is 28.9 Å². The van der Waals surface area contributed by atoms with Crippen LogP contribution in [-0.2, 0) is 0 Å². The molecule has 0 saturated heterocycles. The molecule has 1 saturated carbocycles. The molecule has 0 radical (unpaired) electrons. The van der Waals surface area contributed by atoms with Gasteiger partial charge in [-0.2, -0.15) is 0 Å². The molecule has 1 aliphatic rings. The lowest BCUT2D eigenvalue weighted by Crippen LogP contribution is -2.27. The highest BCUT2D eigenvalue weighted by Gasteiger charge is 2.34. The molecule has 1 aliphatic carbocycles. The van der Waals surface area contributed by atoms with Crippen LogP contribution in [0.15, 0.2) is 0 Å². The second kappa shape index (κ2) is 6.69. The Kier molecular flexibility index (Phi) is 5.14. The van der Waals surface area contributed by atoms with E-state index in [0.717, 1.165) is 13.1 Å². The Labute approximate surface area is 131 Å². The van der Waals surface area contributed by atoms with Crippen LogP contribution in [-0.4, -0.2) is 25.5 Å². The quantitative estimate of drug-likeness (QED) is 0.811. The maximum atomic E-state index is 12.2. The zero-order valence-corrected chi connectivity index (χ0v) is 14.3. The van der Waals surface area contributed by atoms with Gasteiger partial charge in [-0.25, -0.2) is 0 Å². The predicted molar refractivity (Wildman–Crippen MR) is 91.4 cm³/mol. The molecule has 1 aromatic heterocycles. The van der Waals surface area contributed by atoms with Crippen molar-refractivity contribution in [1.29, 1.82) is 0 Å². The number of amides is 1. The first-order chi connectivity index (χ1) is 9.99. The van der Waals surface area contributed by atoms with E-state index in [1.807, 2.05) is 6.92 Å². The van der Waals surface area contributed by atoms with Crippen molar-refractivity contribution in [3.8, 4) is 0 Å². The average Bonchev–Trinajstić information content (AvgIpc) is 3.20. The van der Waals surface area contributed by atoms with Crippen molar-refractivity contribution < 1.29 is 4.79 Å². The fourth-order valence-electron chi connectivity index (χ4n) is 2.65. The first-order valence-electron chi connectivity index (χ1n) is 7.94. The number of nitrogens with two attached hydrogens (primary N) is 1. The average molecular weight is 309 g/mol. The lowest BCUT2D eigenvalue weighted by atomic mass is 10.1. The number of hydrogen-bond donors (Lipinski definition) is 2. The molecule has 3 N–H and O–H groups in total. The van der Waals surface area contributed by atoms with Crippen molar-refractivity contribution in [2.45, 2.75) is 46.5 Å². The van der Waals surface area contributed by atoms with Gasteiger partial charge in [-0.15, -0.1) is 11.3 Å². The van der Waals surface area contributed by atoms with Gasteiger partial charge in [0.1, 0.15) is 4.88 Å². The molecule has 4 nitrogen and oxygen atoms in total. The lowest BCUT2D eigenvalue weighted by molar-refractivity contribution is 0.0960. The summed E-state index contributed by atoms with van der Waals surface area (Å²) in [4.78, 5) is 15.3. The van der Waals surface area contributed by atoms with E-state index in [-0.39, 0.29) is 5.91 Å². The summed E-state index contributed by atoms with van der Waals surface area (Å²) in [6.45, 7) is 11.1. The van der Waals surface area contributed by atoms with Crippen LogP contribution in [0.1, 0.15) is 61.7 Å². The number of thiophene rings is 1. The molecule has 1 heterocycles. The highest BCUT2D eigenvalue weighted by Crippen LogP contribution is 2.52. The van der Waals surface area contributed by atoms with Crippen LogP contribution in [0.25, 0.3) is 0 Å². The van der Waals surface area contributed by atoms with Gasteiger partial charge in [0.2, 0.25) is 0 Å². The van der Waals surface area contributed by atoms with Crippen molar-refractivity contribution in [3.05, 3.63) is 10.4 Å². The number of carbonyl (C=O) groups excluding carboxylic acids is 1. The van der Waals surface area contributed by atoms with Crippen molar-refractivity contribution in [2.75, 3.05) is 30.3 Å². The van der Waals surface area contributed by atoms with Gasteiger partial charge in [0.25, 0.3) is 5.91 Å². The van der Waals surface area contributed by atoms with E-state index < -0.39 is 0 Å². The number of hydrogen-bond acceptors (Lipinski definition) is 4. The van der Waals surface area contributed by atoms with Crippen LogP contribution in [0.5, 0.6) is 0 Å². The third-order valence-electron chi connectivity index (χ3n) is 3.75. The summed E-state index contributed by atoms with van der Waals surface area (Å²) in [5, 5.41) is 4.09. The Morgan fingerprint density at radius 3 is 2.57 bits per heavy atom. The molecular formula is C16H27N3OS. The Balaban J connectivity index is 2.39. The second-order valence-corrected chi connectivity index (χ2v) is 7.13. The molecule has 1 amide bonds. The van der Waals surface area contributed by atoms with Gasteiger partial charge in [0.15, 0.2) is 0 Å². The fraction of sp³-hybridized carbons (Fsp3) is 0.688. The maximum absolute atomic E-state index is 12.2. The first kappa shape index (κ1) is 16.1. The smallest absolute Gasteiger partial charge is 0.263 e. The van der Waals surface area contributed by atoms with E-state index in [2.05, 4.69) is 31.0 Å². The minimum absolute atomic E-state index is 0.0336. The largest absolute Gasteiger partial charge is 0.397 e. The fourth-order valence-corrected chi connectivity index (χ4v) is 3.95. The highest BCUT2D eigenvalue weighted by atomic mass is 32.1. The number of carbonyl (C=O) groups is 1. The molecule has 1 aromatic rings. The first-order valence-corrected chi connectivity index (χ1v) is 8.76. The van der Waals surface area contributed by atoms with Crippen LogP contribution in [0.2, 0.25) is 0 Å². The molecule has 118 valence electrons. The lowest BCUT2D eigenvalue weighted by Gasteiger charge is -2.25. The van der Waals surface area contributed by atoms with Gasteiger partial charge in [-0.3, -0.25) is 4.79 Å². The van der Waals surface area contributed by atoms with Crippen molar-refractivity contribution in [2.24, 2.45) is 5.92 Å². The normalized spacial score (nSPS) is 14.5. The van der Waals surface area contributed by atoms with Gasteiger partial charge in [0.05, 0.1) is 10.7 Å². The maximum Gasteiger partial charge on any atom is 0.263 e. The summed E-state index contributed by atoms with van der Waals surface area (Å²) in [5.74, 6) is 1.11. The molecule has 21 heavy (non-hydrogen) atoms. The summed E-state index contributed by atoms with van der Waals surface area (Å²) >= 11 is 1.57. The van der Waals surface area contributed by atoms with Crippen LogP contribution in [0, 0.1) is 5.92 Å². The Hall–Kier alpha value is -1.23. The highest BCUT2D eigenvalue weighted by molar-refractivity contribution is 7.18. The number of anilines is 2. The molecule has 0 aliphatic heterocycles. The Morgan fingerprint density at radius 2 is 2.10 bits per heavy atom. The molecule has 0 bridgehead atoms. The SMILES string of the molecule is CCNC(=O)c1sc(N(CC)CC(C)C)c(C2CC2)c1N. The molecule has 1 fully saturated rings. The van der Waals surface area contributed by atoms with Crippen LogP contribution < -0.4 is 16.0 Å². The van der Waals surface area contributed by atoms with Crippen LogP contribution in [0.4, 0.5) is 10.7 Å². The van der Waals surface area contributed by atoms with Crippen LogP contribution in [0.3, 0.4) is 0 Å². The summed E-state index contributed by atoms with van der Waals surface area (Å²) in [6.07, 6.45) is 2.39. The summed E-state index contributed by atoms with van der Waals surface area (Å²) in [7, 11) is 0. The molecule has 0 atom stereocenters. The van der Waals surface area contributed by atoms with Crippen molar-refractivity contribution in [3.63, 3.8) is 0 Å². The number of rotatable bonds is 7. The summed E-state index contributed by atoms with van der Waals surface area (Å²) in [6, 6.07) is 0.